The summed E-state index contributed by atoms with van der Waals surface area (Å²) in [6.45, 7) is -0.353. The summed E-state index contributed by atoms with van der Waals surface area (Å²) in [7, 11) is 0. The highest BCUT2D eigenvalue weighted by Crippen LogP contribution is 1.88. The van der Waals surface area contributed by atoms with Crippen molar-refractivity contribution < 1.29 is 9.18 Å². The summed E-state index contributed by atoms with van der Waals surface area (Å²) in [5.74, 6) is 0. The molecule has 1 radical (unpaired) electrons. The SMILES string of the molecule is O=CC[CH]CCF. The first-order valence-electron chi connectivity index (χ1n) is 2.23. The molecule has 0 aliphatic heterocycles. The predicted octanol–water partition coefficient (Wildman–Crippen LogP) is 1.14. The number of hydrogen-bond donors (Lipinski definition) is 0. The van der Waals surface area contributed by atoms with Gasteiger partial charge in [0.05, 0.1) is 6.67 Å². The Morgan fingerprint density at radius 3 is 2.71 bits per heavy atom. The number of carbonyl (C=O) groups excluding carboxylic acids is 1. The van der Waals surface area contributed by atoms with Crippen LogP contribution in [0.3, 0.4) is 0 Å². The Bertz CT molecular complexity index is 45.3. The highest BCUT2D eigenvalue weighted by atomic mass is 19.1. The van der Waals surface area contributed by atoms with E-state index in [-0.39, 0.29) is 6.67 Å². The first kappa shape index (κ1) is 6.60. The lowest BCUT2D eigenvalue weighted by molar-refractivity contribution is -0.107. The molecule has 0 aliphatic rings. The molecule has 0 N–H and O–H groups in total. The van der Waals surface area contributed by atoms with E-state index < -0.39 is 0 Å². The van der Waals surface area contributed by atoms with E-state index in [1.54, 1.807) is 6.42 Å². The van der Waals surface area contributed by atoms with Gasteiger partial charge in [0.15, 0.2) is 0 Å². The Morgan fingerprint density at radius 1 is 1.57 bits per heavy atom. The van der Waals surface area contributed by atoms with E-state index in [9.17, 15) is 9.18 Å². The molecule has 0 amide bonds. The molecule has 0 spiro atoms. The summed E-state index contributed by atoms with van der Waals surface area (Å²) < 4.78 is 11.2. The van der Waals surface area contributed by atoms with Crippen LogP contribution in [0.4, 0.5) is 4.39 Å². The first-order chi connectivity index (χ1) is 3.41. The number of unbranched alkanes of at least 4 members (excludes halogenated alkanes) is 2. The Labute approximate surface area is 42.5 Å². The van der Waals surface area contributed by atoms with Gasteiger partial charge in [-0.1, -0.05) is 0 Å². The highest BCUT2D eigenvalue weighted by Gasteiger charge is 1.82. The second-order valence-corrected chi connectivity index (χ2v) is 1.17. The van der Waals surface area contributed by atoms with Gasteiger partial charge in [0.2, 0.25) is 0 Å². The molecule has 0 fully saturated rings. The van der Waals surface area contributed by atoms with E-state index in [0.29, 0.717) is 12.8 Å². The zero-order chi connectivity index (χ0) is 5.54. The van der Waals surface area contributed by atoms with Crippen molar-refractivity contribution in [2.75, 3.05) is 6.67 Å². The average Bonchev–Trinajstić information content (AvgIpc) is 1.69. The molecule has 0 aromatic carbocycles. The second kappa shape index (κ2) is 5.60. The molecule has 0 rings (SSSR count). The molecule has 0 heterocycles. The van der Waals surface area contributed by atoms with Crippen LogP contribution in [-0.4, -0.2) is 13.0 Å². The Balaban J connectivity index is 2.56. The highest BCUT2D eigenvalue weighted by molar-refractivity contribution is 5.50. The van der Waals surface area contributed by atoms with Crippen LogP contribution in [0.1, 0.15) is 12.8 Å². The smallest absolute Gasteiger partial charge is 0.120 e. The zero-order valence-corrected chi connectivity index (χ0v) is 4.06. The van der Waals surface area contributed by atoms with Crippen molar-refractivity contribution in [1.82, 2.24) is 0 Å². The minimum Gasteiger partial charge on any atom is -0.303 e. The van der Waals surface area contributed by atoms with E-state index >= 15 is 0 Å². The number of alkyl halides is 1. The van der Waals surface area contributed by atoms with Crippen LogP contribution in [0.5, 0.6) is 0 Å². The first-order valence-corrected chi connectivity index (χ1v) is 2.23. The quantitative estimate of drug-likeness (QED) is 0.385. The van der Waals surface area contributed by atoms with Crippen molar-refractivity contribution in [1.29, 1.82) is 0 Å². The maximum absolute atomic E-state index is 11.2. The van der Waals surface area contributed by atoms with Crippen molar-refractivity contribution in [2.45, 2.75) is 12.8 Å². The number of rotatable bonds is 4. The van der Waals surface area contributed by atoms with Crippen LogP contribution in [0.25, 0.3) is 0 Å². The van der Waals surface area contributed by atoms with Crippen LogP contribution in [0.15, 0.2) is 0 Å². The van der Waals surface area contributed by atoms with Crippen molar-refractivity contribution >= 4 is 6.29 Å². The van der Waals surface area contributed by atoms with Crippen LogP contribution < -0.4 is 0 Å². The van der Waals surface area contributed by atoms with E-state index in [1.165, 1.54) is 0 Å². The number of carbonyl (C=O) groups is 1. The van der Waals surface area contributed by atoms with Crippen LogP contribution in [0.2, 0.25) is 0 Å². The lowest BCUT2D eigenvalue weighted by atomic mass is 10.3. The fourth-order valence-corrected chi connectivity index (χ4v) is 0.263. The summed E-state index contributed by atoms with van der Waals surface area (Å²) in [5, 5.41) is 0. The molecular formula is C5H8FO. The van der Waals surface area contributed by atoms with Gasteiger partial charge in [-0.15, -0.1) is 0 Å². The molecule has 0 saturated carbocycles. The third kappa shape index (κ3) is 5.60. The van der Waals surface area contributed by atoms with Gasteiger partial charge >= 0.3 is 0 Å². The lowest BCUT2D eigenvalue weighted by Crippen LogP contribution is -1.79. The molecule has 0 aromatic rings. The fourth-order valence-electron chi connectivity index (χ4n) is 0.263. The van der Waals surface area contributed by atoms with E-state index in [2.05, 4.69) is 0 Å². The van der Waals surface area contributed by atoms with Gasteiger partial charge < -0.3 is 4.79 Å². The maximum atomic E-state index is 11.2. The minimum absolute atomic E-state index is 0.353. The standard InChI is InChI=1S/C5H8FO/c6-4-2-1-3-5-7/h1,5H,2-4H2. The minimum atomic E-state index is -0.353. The Morgan fingerprint density at radius 2 is 2.29 bits per heavy atom. The summed E-state index contributed by atoms with van der Waals surface area (Å²) in [5.41, 5.74) is 0. The molecule has 0 unspecified atom stereocenters. The van der Waals surface area contributed by atoms with Crippen molar-refractivity contribution in [3.8, 4) is 0 Å². The monoisotopic (exact) mass is 103 g/mol. The third-order valence-corrected chi connectivity index (χ3v) is 0.576. The normalized spacial score (nSPS) is 8.71. The number of halogens is 1. The molecular weight excluding hydrogens is 95.1 g/mol. The van der Waals surface area contributed by atoms with Gasteiger partial charge in [0.1, 0.15) is 6.29 Å². The van der Waals surface area contributed by atoms with Gasteiger partial charge in [0, 0.05) is 6.42 Å². The number of hydrogen-bond acceptors (Lipinski definition) is 1. The Hall–Kier alpha value is -0.400. The van der Waals surface area contributed by atoms with E-state index in [4.69, 9.17) is 0 Å². The molecule has 0 saturated heterocycles. The third-order valence-electron chi connectivity index (χ3n) is 0.576. The fraction of sp³-hybridized carbons (Fsp3) is 0.600. The van der Waals surface area contributed by atoms with Crippen molar-refractivity contribution in [2.24, 2.45) is 0 Å². The van der Waals surface area contributed by atoms with Crippen LogP contribution >= 0.6 is 0 Å². The lowest BCUT2D eigenvalue weighted by Gasteiger charge is -1.83. The summed E-state index contributed by atoms with van der Waals surface area (Å²) >= 11 is 0. The molecule has 0 aliphatic carbocycles. The van der Waals surface area contributed by atoms with Gasteiger partial charge in [0.25, 0.3) is 0 Å². The molecule has 7 heavy (non-hydrogen) atoms. The molecule has 0 atom stereocenters. The average molecular weight is 103 g/mol. The van der Waals surface area contributed by atoms with E-state index in [1.807, 2.05) is 0 Å². The summed E-state index contributed by atoms with van der Waals surface area (Å²) in [6, 6.07) is 0. The van der Waals surface area contributed by atoms with Gasteiger partial charge in [-0.25, -0.2) is 0 Å². The molecule has 0 bridgehead atoms. The topological polar surface area (TPSA) is 17.1 Å². The predicted molar refractivity (Wildman–Crippen MR) is 25.6 cm³/mol. The van der Waals surface area contributed by atoms with Gasteiger partial charge in [-0.3, -0.25) is 4.39 Å². The van der Waals surface area contributed by atoms with Crippen LogP contribution in [-0.2, 0) is 4.79 Å². The molecule has 2 heteroatoms. The summed E-state index contributed by atoms with van der Waals surface area (Å²) in [6.07, 6.45) is 3.16. The van der Waals surface area contributed by atoms with Crippen LogP contribution in [0, 0.1) is 6.42 Å². The van der Waals surface area contributed by atoms with Crippen molar-refractivity contribution in [3.63, 3.8) is 0 Å². The van der Waals surface area contributed by atoms with Gasteiger partial charge in [-0.2, -0.15) is 0 Å². The molecule has 1 nitrogen and oxygen atoms in total. The van der Waals surface area contributed by atoms with Gasteiger partial charge in [-0.05, 0) is 12.8 Å². The molecule has 41 valence electrons. The molecule has 0 aromatic heterocycles. The largest absolute Gasteiger partial charge is 0.303 e. The van der Waals surface area contributed by atoms with E-state index in [0.717, 1.165) is 6.29 Å². The zero-order valence-electron chi connectivity index (χ0n) is 4.06. The summed E-state index contributed by atoms with van der Waals surface area (Å²) in [4.78, 5) is 9.53. The van der Waals surface area contributed by atoms with Crippen molar-refractivity contribution in [3.05, 3.63) is 6.42 Å². The maximum Gasteiger partial charge on any atom is 0.120 e. The Kier molecular flexibility index (Phi) is 5.28. The second-order valence-electron chi connectivity index (χ2n) is 1.17. The number of aldehydes is 1.